The van der Waals surface area contributed by atoms with Crippen molar-refractivity contribution in [1.82, 2.24) is 0 Å². The molecule has 0 spiro atoms. The van der Waals surface area contributed by atoms with Crippen molar-refractivity contribution >= 4 is 22.6 Å². The van der Waals surface area contributed by atoms with E-state index in [0.717, 1.165) is 5.56 Å². The molecule has 0 atom stereocenters. The minimum Gasteiger partial charge on any atom is -0.398 e. The molecule has 0 aliphatic heterocycles. The first kappa shape index (κ1) is 10.7. The predicted octanol–water partition coefficient (Wildman–Crippen LogP) is 2.11. The molecule has 0 aliphatic rings. The summed E-state index contributed by atoms with van der Waals surface area (Å²) in [5, 5.41) is 2.97. The standard InChI is InChI=1S/C10H10ClNO2/c1-7-5-3-4-6-8(7)9(10(11)13)12-14-2/h3-6H,1-2H3/b12-9-. The Kier molecular flexibility index (Phi) is 3.65. The zero-order chi connectivity index (χ0) is 10.6. The molecule has 1 aromatic rings. The maximum atomic E-state index is 11.0. The van der Waals surface area contributed by atoms with Crippen molar-refractivity contribution in [2.45, 2.75) is 6.92 Å². The summed E-state index contributed by atoms with van der Waals surface area (Å²) in [5.41, 5.74) is 1.75. The van der Waals surface area contributed by atoms with E-state index in [1.807, 2.05) is 25.1 Å². The number of hydrogen-bond acceptors (Lipinski definition) is 3. The highest BCUT2D eigenvalue weighted by molar-refractivity contribution is 6.84. The smallest absolute Gasteiger partial charge is 0.274 e. The van der Waals surface area contributed by atoms with Gasteiger partial charge in [0.15, 0.2) is 5.71 Å². The van der Waals surface area contributed by atoms with E-state index in [2.05, 4.69) is 9.99 Å². The van der Waals surface area contributed by atoms with Crippen LogP contribution in [0, 0.1) is 6.92 Å². The number of aryl methyl sites for hydroxylation is 1. The number of oxime groups is 1. The largest absolute Gasteiger partial charge is 0.398 e. The number of benzene rings is 1. The van der Waals surface area contributed by atoms with Gasteiger partial charge in [-0.3, -0.25) is 4.79 Å². The van der Waals surface area contributed by atoms with Crippen LogP contribution in [-0.2, 0) is 9.63 Å². The van der Waals surface area contributed by atoms with E-state index in [-0.39, 0.29) is 5.71 Å². The van der Waals surface area contributed by atoms with E-state index < -0.39 is 5.24 Å². The predicted molar refractivity (Wildman–Crippen MR) is 55.6 cm³/mol. The second kappa shape index (κ2) is 4.77. The van der Waals surface area contributed by atoms with Gasteiger partial charge in [-0.2, -0.15) is 0 Å². The van der Waals surface area contributed by atoms with E-state index in [0.29, 0.717) is 5.56 Å². The third kappa shape index (κ3) is 2.33. The van der Waals surface area contributed by atoms with Gasteiger partial charge in [-0.1, -0.05) is 29.4 Å². The minimum absolute atomic E-state index is 0.132. The van der Waals surface area contributed by atoms with E-state index in [4.69, 9.17) is 11.6 Å². The fraction of sp³-hybridized carbons (Fsp3) is 0.200. The Morgan fingerprint density at radius 1 is 1.43 bits per heavy atom. The monoisotopic (exact) mass is 211 g/mol. The number of rotatable bonds is 3. The molecule has 0 aliphatic carbocycles. The van der Waals surface area contributed by atoms with Crippen LogP contribution in [0.25, 0.3) is 0 Å². The Hall–Kier alpha value is -1.35. The van der Waals surface area contributed by atoms with E-state index in [1.54, 1.807) is 6.07 Å². The van der Waals surface area contributed by atoms with E-state index >= 15 is 0 Å². The molecule has 0 saturated carbocycles. The molecule has 0 heterocycles. The molecule has 0 saturated heterocycles. The molecule has 74 valence electrons. The van der Waals surface area contributed by atoms with Gasteiger partial charge in [-0.05, 0) is 24.1 Å². The molecule has 1 rings (SSSR count). The Morgan fingerprint density at radius 3 is 2.57 bits per heavy atom. The molecular formula is C10H10ClNO2. The Labute approximate surface area is 87.3 Å². The average Bonchev–Trinajstić information content (AvgIpc) is 2.15. The molecule has 0 aromatic heterocycles. The lowest BCUT2D eigenvalue weighted by Crippen LogP contribution is -2.11. The van der Waals surface area contributed by atoms with Crippen LogP contribution in [0.4, 0.5) is 0 Å². The second-order valence-electron chi connectivity index (χ2n) is 2.71. The van der Waals surface area contributed by atoms with Gasteiger partial charge in [0.05, 0.1) is 0 Å². The van der Waals surface area contributed by atoms with Gasteiger partial charge in [-0.25, -0.2) is 0 Å². The first-order valence-corrected chi connectivity index (χ1v) is 4.41. The Bertz CT molecular complexity index is 374. The van der Waals surface area contributed by atoms with Crippen molar-refractivity contribution in [3.05, 3.63) is 35.4 Å². The van der Waals surface area contributed by atoms with Crippen molar-refractivity contribution in [2.75, 3.05) is 7.11 Å². The lowest BCUT2D eigenvalue weighted by Gasteiger charge is -2.03. The van der Waals surface area contributed by atoms with Crippen molar-refractivity contribution in [3.63, 3.8) is 0 Å². The van der Waals surface area contributed by atoms with Gasteiger partial charge in [0.25, 0.3) is 5.24 Å². The molecule has 0 radical (unpaired) electrons. The van der Waals surface area contributed by atoms with Crippen molar-refractivity contribution in [2.24, 2.45) is 5.16 Å². The zero-order valence-corrected chi connectivity index (χ0v) is 8.71. The van der Waals surface area contributed by atoms with Crippen LogP contribution in [0.2, 0.25) is 0 Å². The summed E-state index contributed by atoms with van der Waals surface area (Å²) < 4.78 is 0. The lowest BCUT2D eigenvalue weighted by atomic mass is 10.1. The first-order valence-electron chi connectivity index (χ1n) is 4.03. The number of hydrogen-bond donors (Lipinski definition) is 0. The van der Waals surface area contributed by atoms with Crippen LogP contribution in [0.15, 0.2) is 29.4 Å². The summed E-state index contributed by atoms with van der Waals surface area (Å²) >= 11 is 5.38. The average molecular weight is 212 g/mol. The molecular weight excluding hydrogens is 202 g/mol. The maximum Gasteiger partial charge on any atom is 0.274 e. The Balaban J connectivity index is 3.19. The van der Waals surface area contributed by atoms with E-state index in [1.165, 1.54) is 7.11 Å². The first-order chi connectivity index (χ1) is 6.66. The van der Waals surface area contributed by atoms with Crippen LogP contribution in [-0.4, -0.2) is 18.1 Å². The van der Waals surface area contributed by atoms with E-state index in [9.17, 15) is 4.79 Å². The summed E-state index contributed by atoms with van der Waals surface area (Å²) in [6.07, 6.45) is 0. The van der Waals surface area contributed by atoms with Gasteiger partial charge in [0.1, 0.15) is 7.11 Å². The molecule has 0 fully saturated rings. The van der Waals surface area contributed by atoms with Gasteiger partial charge < -0.3 is 4.84 Å². The number of nitrogens with zero attached hydrogens (tertiary/aromatic N) is 1. The lowest BCUT2D eigenvalue weighted by molar-refractivity contribution is -0.106. The van der Waals surface area contributed by atoms with Crippen LogP contribution in [0.3, 0.4) is 0 Å². The third-order valence-electron chi connectivity index (χ3n) is 1.77. The molecule has 1 aromatic carbocycles. The minimum atomic E-state index is -0.624. The van der Waals surface area contributed by atoms with Crippen LogP contribution in [0.5, 0.6) is 0 Å². The summed E-state index contributed by atoms with van der Waals surface area (Å²) in [4.78, 5) is 15.6. The van der Waals surface area contributed by atoms with Crippen molar-refractivity contribution in [3.8, 4) is 0 Å². The second-order valence-corrected chi connectivity index (χ2v) is 3.05. The summed E-state index contributed by atoms with van der Waals surface area (Å²) in [5.74, 6) is 0. The van der Waals surface area contributed by atoms with Crippen LogP contribution in [0.1, 0.15) is 11.1 Å². The SMILES string of the molecule is CO/N=C(\C(=O)Cl)c1ccccc1C. The highest BCUT2D eigenvalue weighted by Gasteiger charge is 2.13. The zero-order valence-electron chi connectivity index (χ0n) is 7.95. The Morgan fingerprint density at radius 2 is 2.07 bits per heavy atom. The molecule has 4 heteroatoms. The van der Waals surface area contributed by atoms with Crippen molar-refractivity contribution in [1.29, 1.82) is 0 Å². The summed E-state index contributed by atoms with van der Waals surface area (Å²) in [6.45, 7) is 1.88. The maximum absolute atomic E-state index is 11.0. The summed E-state index contributed by atoms with van der Waals surface area (Å²) in [7, 11) is 1.37. The van der Waals surface area contributed by atoms with Crippen molar-refractivity contribution < 1.29 is 9.63 Å². The number of halogens is 1. The van der Waals surface area contributed by atoms with Gasteiger partial charge in [0, 0.05) is 5.56 Å². The number of carbonyl (C=O) groups excluding carboxylic acids is 1. The topological polar surface area (TPSA) is 38.7 Å². The molecule has 0 bridgehead atoms. The fourth-order valence-corrected chi connectivity index (χ4v) is 1.26. The quantitative estimate of drug-likeness (QED) is 0.436. The van der Waals surface area contributed by atoms with Crippen LogP contribution >= 0.6 is 11.6 Å². The highest BCUT2D eigenvalue weighted by Crippen LogP contribution is 2.10. The molecule has 0 unspecified atom stereocenters. The fourth-order valence-electron chi connectivity index (χ4n) is 1.12. The van der Waals surface area contributed by atoms with Gasteiger partial charge >= 0.3 is 0 Å². The van der Waals surface area contributed by atoms with Gasteiger partial charge in [0.2, 0.25) is 0 Å². The highest BCUT2D eigenvalue weighted by atomic mass is 35.5. The molecule has 14 heavy (non-hydrogen) atoms. The molecule has 0 amide bonds. The van der Waals surface area contributed by atoms with Crippen LogP contribution < -0.4 is 0 Å². The third-order valence-corrected chi connectivity index (χ3v) is 1.95. The molecule has 0 N–H and O–H groups in total. The van der Waals surface area contributed by atoms with Gasteiger partial charge in [-0.15, -0.1) is 0 Å². The number of carbonyl (C=O) groups is 1. The molecule has 3 nitrogen and oxygen atoms in total. The summed E-state index contributed by atoms with van der Waals surface area (Å²) in [6, 6.07) is 7.34. The normalized spacial score (nSPS) is 11.2.